The van der Waals surface area contributed by atoms with Crippen LogP contribution in [0.25, 0.3) is 0 Å². The SMILES string of the molecule is CC1=CC(C)C=CC=C(C#N)C1. The third-order valence-electron chi connectivity index (χ3n) is 1.87. The van der Waals surface area contributed by atoms with E-state index in [1.807, 2.05) is 12.2 Å². The first-order chi connectivity index (χ1) is 5.72. The Hall–Kier alpha value is -1.29. The summed E-state index contributed by atoms with van der Waals surface area (Å²) < 4.78 is 0. The van der Waals surface area contributed by atoms with Gasteiger partial charge in [-0.05, 0) is 18.9 Å². The van der Waals surface area contributed by atoms with E-state index in [1.165, 1.54) is 5.57 Å². The van der Waals surface area contributed by atoms with E-state index < -0.39 is 0 Å². The van der Waals surface area contributed by atoms with E-state index in [9.17, 15) is 0 Å². The fourth-order valence-corrected chi connectivity index (χ4v) is 1.35. The Morgan fingerprint density at radius 1 is 1.58 bits per heavy atom. The number of nitriles is 1. The van der Waals surface area contributed by atoms with Gasteiger partial charge in [0.25, 0.3) is 0 Å². The van der Waals surface area contributed by atoms with Crippen LogP contribution >= 0.6 is 0 Å². The van der Waals surface area contributed by atoms with Gasteiger partial charge in [0.15, 0.2) is 0 Å². The van der Waals surface area contributed by atoms with Gasteiger partial charge in [-0.1, -0.05) is 30.7 Å². The summed E-state index contributed by atoms with van der Waals surface area (Å²) in [7, 11) is 0. The van der Waals surface area contributed by atoms with E-state index in [1.54, 1.807) is 0 Å². The Labute approximate surface area is 73.7 Å². The van der Waals surface area contributed by atoms with Crippen LogP contribution in [0, 0.1) is 17.2 Å². The normalized spacial score (nSPS) is 23.2. The van der Waals surface area contributed by atoms with E-state index in [4.69, 9.17) is 5.26 Å². The van der Waals surface area contributed by atoms with Crippen molar-refractivity contribution in [3.63, 3.8) is 0 Å². The molecule has 0 amide bonds. The summed E-state index contributed by atoms with van der Waals surface area (Å²) >= 11 is 0. The molecule has 62 valence electrons. The van der Waals surface area contributed by atoms with Gasteiger partial charge in [-0.3, -0.25) is 0 Å². The first-order valence-corrected chi connectivity index (χ1v) is 4.17. The van der Waals surface area contributed by atoms with Crippen molar-refractivity contribution < 1.29 is 0 Å². The third kappa shape index (κ3) is 2.39. The van der Waals surface area contributed by atoms with Gasteiger partial charge in [0, 0.05) is 12.0 Å². The quantitative estimate of drug-likeness (QED) is 0.498. The maximum Gasteiger partial charge on any atom is 0.0950 e. The molecule has 0 N–H and O–H groups in total. The maximum atomic E-state index is 8.71. The van der Waals surface area contributed by atoms with Gasteiger partial charge in [0.2, 0.25) is 0 Å². The van der Waals surface area contributed by atoms with Crippen molar-refractivity contribution in [3.05, 3.63) is 35.5 Å². The van der Waals surface area contributed by atoms with Gasteiger partial charge in [-0.25, -0.2) is 0 Å². The second kappa shape index (κ2) is 3.92. The maximum absolute atomic E-state index is 8.71. The largest absolute Gasteiger partial charge is 0.193 e. The molecule has 1 nitrogen and oxygen atoms in total. The van der Waals surface area contributed by atoms with Crippen molar-refractivity contribution in [2.45, 2.75) is 20.3 Å². The number of hydrogen-bond acceptors (Lipinski definition) is 1. The summed E-state index contributed by atoms with van der Waals surface area (Å²) in [5.74, 6) is 0.487. The summed E-state index contributed by atoms with van der Waals surface area (Å²) in [6, 6.07) is 2.19. The molecule has 0 heterocycles. The van der Waals surface area contributed by atoms with E-state index in [-0.39, 0.29) is 0 Å². The minimum Gasteiger partial charge on any atom is -0.193 e. The highest BCUT2D eigenvalue weighted by molar-refractivity contribution is 5.32. The Balaban J connectivity index is 2.90. The predicted molar refractivity (Wildman–Crippen MR) is 50.4 cm³/mol. The van der Waals surface area contributed by atoms with Crippen LogP contribution in [0.2, 0.25) is 0 Å². The standard InChI is InChI=1S/C11H13N/c1-9-4-3-5-11(8-12)7-10(2)6-9/h3-6,9H,7H2,1-2H3. The van der Waals surface area contributed by atoms with Crippen molar-refractivity contribution in [1.29, 1.82) is 5.26 Å². The molecular formula is C11H13N. The summed E-state index contributed by atoms with van der Waals surface area (Å²) in [6.45, 7) is 4.21. The lowest BCUT2D eigenvalue weighted by atomic mass is 9.99. The summed E-state index contributed by atoms with van der Waals surface area (Å²) in [6.07, 6.45) is 8.95. The predicted octanol–water partition coefficient (Wildman–Crippen LogP) is 2.98. The molecule has 1 unspecified atom stereocenters. The van der Waals surface area contributed by atoms with Crippen molar-refractivity contribution in [2.75, 3.05) is 0 Å². The van der Waals surface area contributed by atoms with Crippen molar-refractivity contribution in [1.82, 2.24) is 0 Å². The highest BCUT2D eigenvalue weighted by atomic mass is 14.2. The molecule has 1 heteroatoms. The van der Waals surface area contributed by atoms with Crippen LogP contribution in [0.5, 0.6) is 0 Å². The lowest BCUT2D eigenvalue weighted by Gasteiger charge is -2.05. The monoisotopic (exact) mass is 159 g/mol. The van der Waals surface area contributed by atoms with Crippen LogP contribution in [-0.4, -0.2) is 0 Å². The lowest BCUT2D eigenvalue weighted by Crippen LogP contribution is -1.90. The molecule has 1 rings (SSSR count). The molecule has 1 aliphatic carbocycles. The van der Waals surface area contributed by atoms with Crippen LogP contribution in [0.4, 0.5) is 0 Å². The smallest absolute Gasteiger partial charge is 0.0950 e. The Kier molecular flexibility index (Phi) is 2.88. The fourth-order valence-electron chi connectivity index (χ4n) is 1.35. The van der Waals surface area contributed by atoms with Gasteiger partial charge in [0.05, 0.1) is 6.07 Å². The molecule has 0 aliphatic heterocycles. The van der Waals surface area contributed by atoms with E-state index in [0.717, 1.165) is 12.0 Å². The third-order valence-corrected chi connectivity index (χ3v) is 1.87. The van der Waals surface area contributed by atoms with Crippen LogP contribution in [0.15, 0.2) is 35.5 Å². The highest BCUT2D eigenvalue weighted by Crippen LogP contribution is 2.16. The molecule has 12 heavy (non-hydrogen) atoms. The topological polar surface area (TPSA) is 23.8 Å². The molecule has 1 aliphatic rings. The zero-order chi connectivity index (χ0) is 8.97. The zero-order valence-corrected chi connectivity index (χ0v) is 7.54. The van der Waals surface area contributed by atoms with Gasteiger partial charge < -0.3 is 0 Å². The first kappa shape index (κ1) is 8.80. The fraction of sp³-hybridized carbons (Fsp3) is 0.364. The van der Waals surface area contributed by atoms with Gasteiger partial charge >= 0.3 is 0 Å². The minimum absolute atomic E-state index is 0.487. The number of allylic oxidation sites excluding steroid dienone is 6. The molecule has 1 atom stereocenters. The molecule has 0 radical (unpaired) electrons. The number of rotatable bonds is 0. The molecule has 0 saturated heterocycles. The number of hydrogen-bond donors (Lipinski definition) is 0. The number of nitrogens with zero attached hydrogens (tertiary/aromatic N) is 1. The Morgan fingerprint density at radius 3 is 3.00 bits per heavy atom. The van der Waals surface area contributed by atoms with Gasteiger partial charge in [0.1, 0.15) is 0 Å². The summed E-state index contributed by atoms with van der Waals surface area (Å²) in [5, 5.41) is 8.71. The molecule has 0 fully saturated rings. The molecular weight excluding hydrogens is 146 g/mol. The Bertz CT molecular complexity index is 287. The molecule has 0 spiro atoms. The molecule has 0 aromatic rings. The van der Waals surface area contributed by atoms with E-state index in [2.05, 4.69) is 32.1 Å². The summed E-state index contributed by atoms with van der Waals surface area (Å²) in [5.41, 5.74) is 2.12. The van der Waals surface area contributed by atoms with Crippen molar-refractivity contribution >= 4 is 0 Å². The van der Waals surface area contributed by atoms with Gasteiger partial charge in [-0.15, -0.1) is 0 Å². The zero-order valence-electron chi connectivity index (χ0n) is 7.54. The van der Waals surface area contributed by atoms with Crippen LogP contribution in [0.3, 0.4) is 0 Å². The van der Waals surface area contributed by atoms with Gasteiger partial charge in [-0.2, -0.15) is 5.26 Å². The molecule has 0 saturated carbocycles. The van der Waals surface area contributed by atoms with E-state index >= 15 is 0 Å². The summed E-state index contributed by atoms with van der Waals surface area (Å²) in [4.78, 5) is 0. The lowest BCUT2D eigenvalue weighted by molar-refractivity contribution is 0.908. The molecule has 0 bridgehead atoms. The average molecular weight is 159 g/mol. The second-order valence-corrected chi connectivity index (χ2v) is 3.24. The van der Waals surface area contributed by atoms with Crippen LogP contribution < -0.4 is 0 Å². The molecule has 0 aromatic carbocycles. The second-order valence-electron chi connectivity index (χ2n) is 3.24. The van der Waals surface area contributed by atoms with E-state index in [0.29, 0.717) is 5.92 Å². The van der Waals surface area contributed by atoms with Crippen LogP contribution in [-0.2, 0) is 0 Å². The Morgan fingerprint density at radius 2 is 2.33 bits per heavy atom. The molecule has 0 aromatic heterocycles. The van der Waals surface area contributed by atoms with Crippen molar-refractivity contribution in [2.24, 2.45) is 5.92 Å². The highest BCUT2D eigenvalue weighted by Gasteiger charge is 2.01. The minimum atomic E-state index is 0.487. The average Bonchev–Trinajstić information content (AvgIpc) is 1.99. The first-order valence-electron chi connectivity index (χ1n) is 4.17. The van der Waals surface area contributed by atoms with Crippen LogP contribution in [0.1, 0.15) is 20.3 Å². The van der Waals surface area contributed by atoms with Crippen molar-refractivity contribution in [3.8, 4) is 6.07 Å².